The summed E-state index contributed by atoms with van der Waals surface area (Å²) in [6.07, 6.45) is 5.34. The summed E-state index contributed by atoms with van der Waals surface area (Å²) < 4.78 is 0. The van der Waals surface area contributed by atoms with E-state index in [2.05, 4.69) is 20.1 Å². The van der Waals surface area contributed by atoms with Crippen LogP contribution in [0.5, 0.6) is 0 Å². The third-order valence-electron chi connectivity index (χ3n) is 4.70. The molecule has 1 fully saturated rings. The number of carbonyl (C=O) groups is 1. The van der Waals surface area contributed by atoms with Crippen molar-refractivity contribution in [1.82, 2.24) is 0 Å². The van der Waals surface area contributed by atoms with Gasteiger partial charge in [-0.1, -0.05) is 39.5 Å². The van der Waals surface area contributed by atoms with Crippen LogP contribution in [-0.2, 0) is 4.79 Å². The molecule has 1 spiro atoms. The summed E-state index contributed by atoms with van der Waals surface area (Å²) in [7, 11) is 0. The van der Waals surface area contributed by atoms with E-state index in [1.807, 2.05) is 27.7 Å². The average Bonchev–Trinajstić information content (AvgIpc) is 2.70. The highest BCUT2D eigenvalue weighted by Crippen LogP contribution is 2.52. The van der Waals surface area contributed by atoms with Gasteiger partial charge < -0.3 is 0 Å². The molecule has 1 heteroatoms. The van der Waals surface area contributed by atoms with Crippen LogP contribution in [0.2, 0.25) is 0 Å². The second kappa shape index (κ2) is 6.56. The minimum Gasteiger partial charge on any atom is -0.294 e. The fourth-order valence-corrected chi connectivity index (χ4v) is 3.44. The van der Waals surface area contributed by atoms with Crippen molar-refractivity contribution in [3.63, 3.8) is 0 Å². The number of hydrogen-bond acceptors (Lipinski definition) is 1. The standard InChI is InChI=1S/C17H24O.C2H6/c1-11(2)14-10-17(8-6-13(5)7-9-17)16(18)15(14)12(3)4;1-2/h13H,1,3,6-10H2,2,4-5H3;1-2H3. The second-order valence-corrected chi connectivity index (χ2v) is 6.38. The molecule has 20 heavy (non-hydrogen) atoms. The zero-order valence-electron chi connectivity index (χ0n) is 13.9. The van der Waals surface area contributed by atoms with Crippen molar-refractivity contribution >= 4 is 5.78 Å². The predicted molar refractivity (Wildman–Crippen MR) is 87.7 cm³/mol. The van der Waals surface area contributed by atoms with Crippen LogP contribution < -0.4 is 0 Å². The van der Waals surface area contributed by atoms with E-state index in [4.69, 9.17) is 0 Å². The Labute approximate surface area is 124 Å². The van der Waals surface area contributed by atoms with Crippen molar-refractivity contribution in [1.29, 1.82) is 0 Å². The van der Waals surface area contributed by atoms with Crippen LogP contribution in [0.1, 0.15) is 66.7 Å². The van der Waals surface area contributed by atoms with Gasteiger partial charge in [0.2, 0.25) is 0 Å². The molecule has 0 bridgehead atoms. The number of ketones is 1. The van der Waals surface area contributed by atoms with E-state index in [9.17, 15) is 4.79 Å². The van der Waals surface area contributed by atoms with Crippen molar-refractivity contribution in [2.75, 3.05) is 0 Å². The molecule has 1 saturated carbocycles. The van der Waals surface area contributed by atoms with E-state index in [0.29, 0.717) is 5.78 Å². The maximum atomic E-state index is 12.8. The molecule has 0 saturated heterocycles. The summed E-state index contributed by atoms with van der Waals surface area (Å²) >= 11 is 0. The number of allylic oxidation sites excluding steroid dienone is 4. The molecule has 0 aromatic rings. The van der Waals surface area contributed by atoms with Crippen LogP contribution in [0.4, 0.5) is 0 Å². The lowest BCUT2D eigenvalue weighted by molar-refractivity contribution is -0.125. The van der Waals surface area contributed by atoms with Crippen LogP contribution in [-0.4, -0.2) is 5.78 Å². The summed E-state index contributed by atoms with van der Waals surface area (Å²) in [6.45, 7) is 18.3. The quantitative estimate of drug-likeness (QED) is 0.637. The zero-order valence-corrected chi connectivity index (χ0v) is 13.9. The molecule has 0 radical (unpaired) electrons. The monoisotopic (exact) mass is 274 g/mol. The Balaban J connectivity index is 0.000000956. The fraction of sp³-hybridized carbons (Fsp3) is 0.632. The van der Waals surface area contributed by atoms with E-state index in [1.165, 1.54) is 18.4 Å². The Morgan fingerprint density at radius 2 is 1.60 bits per heavy atom. The van der Waals surface area contributed by atoms with Crippen LogP contribution in [0.15, 0.2) is 35.5 Å². The zero-order chi connectivity index (χ0) is 15.5. The van der Waals surface area contributed by atoms with E-state index in [-0.39, 0.29) is 5.41 Å². The van der Waals surface area contributed by atoms with E-state index < -0.39 is 0 Å². The molecule has 0 aromatic heterocycles. The third kappa shape index (κ3) is 2.97. The Morgan fingerprint density at radius 3 is 1.95 bits per heavy atom. The Kier molecular flexibility index (Phi) is 5.56. The molecular formula is C19H30O. The lowest BCUT2D eigenvalue weighted by Gasteiger charge is -2.35. The maximum Gasteiger partial charge on any atom is 0.169 e. The topological polar surface area (TPSA) is 17.1 Å². The SMILES string of the molecule is C=C(C)C1=C(C(=C)C)C(=O)C2(CCC(C)CC2)C1.CC. The van der Waals surface area contributed by atoms with Gasteiger partial charge in [0.25, 0.3) is 0 Å². The molecule has 2 aliphatic rings. The van der Waals surface area contributed by atoms with Gasteiger partial charge >= 0.3 is 0 Å². The Bertz CT molecular complexity index is 442. The largest absolute Gasteiger partial charge is 0.294 e. The van der Waals surface area contributed by atoms with Crippen LogP contribution >= 0.6 is 0 Å². The van der Waals surface area contributed by atoms with Gasteiger partial charge in [-0.2, -0.15) is 0 Å². The van der Waals surface area contributed by atoms with E-state index in [0.717, 1.165) is 41.9 Å². The molecule has 0 heterocycles. The first-order chi connectivity index (χ1) is 9.37. The van der Waals surface area contributed by atoms with Crippen molar-refractivity contribution in [3.05, 3.63) is 35.5 Å². The molecule has 0 unspecified atom stereocenters. The van der Waals surface area contributed by atoms with Gasteiger partial charge in [-0.25, -0.2) is 0 Å². The molecule has 1 nitrogen and oxygen atoms in total. The highest BCUT2D eigenvalue weighted by atomic mass is 16.1. The molecular weight excluding hydrogens is 244 g/mol. The van der Waals surface area contributed by atoms with Crippen molar-refractivity contribution in [3.8, 4) is 0 Å². The van der Waals surface area contributed by atoms with Gasteiger partial charge in [0.05, 0.1) is 0 Å². The number of carbonyl (C=O) groups excluding carboxylic acids is 1. The van der Waals surface area contributed by atoms with Gasteiger partial charge in [-0.05, 0) is 63.0 Å². The third-order valence-corrected chi connectivity index (χ3v) is 4.70. The van der Waals surface area contributed by atoms with Gasteiger partial charge in [-0.15, -0.1) is 0 Å². The van der Waals surface area contributed by atoms with Crippen molar-refractivity contribution in [2.24, 2.45) is 11.3 Å². The molecule has 112 valence electrons. The summed E-state index contributed by atoms with van der Waals surface area (Å²) in [6, 6.07) is 0. The molecule has 0 N–H and O–H groups in total. The molecule has 0 atom stereocenters. The summed E-state index contributed by atoms with van der Waals surface area (Å²) in [5, 5.41) is 0. The first-order valence-electron chi connectivity index (χ1n) is 7.97. The van der Waals surface area contributed by atoms with Crippen molar-refractivity contribution < 1.29 is 4.79 Å². The maximum absolute atomic E-state index is 12.8. The smallest absolute Gasteiger partial charge is 0.169 e. The minimum absolute atomic E-state index is 0.116. The average molecular weight is 274 g/mol. The normalized spacial score (nSPS) is 29.2. The van der Waals surface area contributed by atoms with Gasteiger partial charge in [0.1, 0.15) is 0 Å². The molecule has 2 rings (SSSR count). The van der Waals surface area contributed by atoms with E-state index in [1.54, 1.807) is 0 Å². The Morgan fingerprint density at radius 1 is 1.10 bits per heavy atom. The fourth-order valence-electron chi connectivity index (χ4n) is 3.44. The second-order valence-electron chi connectivity index (χ2n) is 6.38. The van der Waals surface area contributed by atoms with Gasteiger partial charge in [0.15, 0.2) is 5.78 Å². The van der Waals surface area contributed by atoms with Gasteiger partial charge in [-0.3, -0.25) is 4.79 Å². The number of Topliss-reactive ketones (excluding diaryl/α,β-unsaturated/α-hetero) is 1. The number of rotatable bonds is 2. The number of hydrogen-bond donors (Lipinski definition) is 0. The first kappa shape index (κ1) is 16.9. The van der Waals surface area contributed by atoms with Crippen LogP contribution in [0.25, 0.3) is 0 Å². The molecule has 2 aliphatic carbocycles. The molecule has 0 aromatic carbocycles. The Hall–Kier alpha value is -1.11. The van der Waals surface area contributed by atoms with Gasteiger partial charge in [0, 0.05) is 11.0 Å². The lowest BCUT2D eigenvalue weighted by Crippen LogP contribution is -2.32. The highest BCUT2D eigenvalue weighted by Gasteiger charge is 2.47. The summed E-state index contributed by atoms with van der Waals surface area (Å²) in [5.41, 5.74) is 3.89. The summed E-state index contributed by atoms with van der Waals surface area (Å²) in [5.74, 6) is 1.12. The van der Waals surface area contributed by atoms with Crippen LogP contribution in [0, 0.1) is 11.3 Å². The highest BCUT2D eigenvalue weighted by molar-refractivity contribution is 6.07. The predicted octanol–water partition coefficient (Wildman–Crippen LogP) is 5.63. The van der Waals surface area contributed by atoms with Crippen molar-refractivity contribution in [2.45, 2.75) is 66.7 Å². The minimum atomic E-state index is -0.116. The molecule has 0 aliphatic heterocycles. The van der Waals surface area contributed by atoms with E-state index >= 15 is 0 Å². The molecule has 0 amide bonds. The first-order valence-corrected chi connectivity index (χ1v) is 7.97. The lowest BCUT2D eigenvalue weighted by atomic mass is 9.67. The van der Waals surface area contributed by atoms with Crippen LogP contribution in [0.3, 0.4) is 0 Å². The summed E-state index contributed by atoms with van der Waals surface area (Å²) in [4.78, 5) is 12.8.